The highest BCUT2D eigenvalue weighted by Gasteiger charge is 2.39. The maximum Gasteiger partial charge on any atom is 0.320 e. The van der Waals surface area contributed by atoms with E-state index >= 15 is 0 Å². The number of esters is 1. The minimum Gasteiger partial charge on any atom is -0.424 e. The average molecular weight is 364 g/mol. The molecule has 0 radical (unpaired) electrons. The third kappa shape index (κ3) is 3.40. The molecule has 0 N–H and O–H groups in total. The third-order valence-corrected chi connectivity index (χ3v) is 5.28. The van der Waals surface area contributed by atoms with Gasteiger partial charge in [-0.2, -0.15) is 5.26 Å². The van der Waals surface area contributed by atoms with Gasteiger partial charge in [-0.15, -0.1) is 0 Å². The van der Waals surface area contributed by atoms with Crippen molar-refractivity contribution in [2.24, 2.45) is 7.05 Å². The molecule has 0 saturated heterocycles. The Labute approximate surface area is 159 Å². The lowest BCUT2D eigenvalue weighted by Crippen LogP contribution is -2.17. The molecule has 2 heterocycles. The number of unbranched alkanes of at least 4 members (excludes halogenated alkanes) is 3. The van der Waals surface area contributed by atoms with E-state index in [4.69, 9.17) is 10.00 Å². The molecule has 2 aromatic rings. The number of nitriles is 1. The van der Waals surface area contributed by atoms with Crippen molar-refractivity contribution >= 4 is 11.8 Å². The van der Waals surface area contributed by atoms with Crippen LogP contribution in [0.25, 0.3) is 0 Å². The van der Waals surface area contributed by atoms with E-state index in [0.717, 1.165) is 37.8 Å². The Bertz CT molecular complexity index is 917. The molecule has 0 bridgehead atoms. The quantitative estimate of drug-likeness (QED) is 0.414. The Morgan fingerprint density at radius 2 is 1.93 bits per heavy atom. The highest BCUT2D eigenvalue weighted by molar-refractivity contribution is 6.10. The van der Waals surface area contributed by atoms with Gasteiger partial charge in [0.15, 0.2) is 5.75 Å². The van der Waals surface area contributed by atoms with Crippen LogP contribution in [0.4, 0.5) is 0 Å². The first kappa shape index (κ1) is 18.9. The van der Waals surface area contributed by atoms with Crippen molar-refractivity contribution in [3.8, 4) is 11.8 Å². The minimum absolute atomic E-state index is 0.130. The zero-order valence-corrected chi connectivity index (χ0v) is 16.0. The van der Waals surface area contributed by atoms with Crippen molar-refractivity contribution in [1.29, 1.82) is 5.26 Å². The van der Waals surface area contributed by atoms with Crippen molar-refractivity contribution in [2.75, 3.05) is 0 Å². The molecule has 1 unspecified atom stereocenters. The maximum atomic E-state index is 13.0. The standard InChI is InChI=1S/C22H24N2O3/c1-4-5-6-7-8-17-19-21(27-22(17)26)14(2)18(24(19)3)20(25)16-11-9-15(13-23)10-12-16/h9-12,17H,4-8H2,1-3H3. The van der Waals surface area contributed by atoms with Crippen LogP contribution in [0.5, 0.6) is 5.75 Å². The Morgan fingerprint density at radius 3 is 2.56 bits per heavy atom. The van der Waals surface area contributed by atoms with Gasteiger partial charge in [0, 0.05) is 18.2 Å². The maximum absolute atomic E-state index is 13.0. The van der Waals surface area contributed by atoms with Crippen LogP contribution in [0.15, 0.2) is 24.3 Å². The Balaban J connectivity index is 1.91. The van der Waals surface area contributed by atoms with Crippen molar-refractivity contribution < 1.29 is 14.3 Å². The van der Waals surface area contributed by atoms with Gasteiger partial charge in [-0.25, -0.2) is 0 Å². The van der Waals surface area contributed by atoms with Crippen LogP contribution in [0.2, 0.25) is 0 Å². The van der Waals surface area contributed by atoms with Crippen LogP contribution < -0.4 is 4.74 Å². The zero-order valence-electron chi connectivity index (χ0n) is 16.0. The number of carbonyl (C=O) groups excluding carboxylic acids is 2. The molecule has 1 aliphatic heterocycles. The fraction of sp³-hybridized carbons (Fsp3) is 0.409. The van der Waals surface area contributed by atoms with E-state index in [-0.39, 0.29) is 17.7 Å². The van der Waals surface area contributed by atoms with Crippen LogP contribution in [0.3, 0.4) is 0 Å². The molecule has 140 valence electrons. The summed E-state index contributed by atoms with van der Waals surface area (Å²) in [7, 11) is 1.82. The molecule has 1 aromatic carbocycles. The fourth-order valence-electron chi connectivity index (χ4n) is 3.81. The summed E-state index contributed by atoms with van der Waals surface area (Å²) in [6, 6.07) is 8.64. The second-order valence-electron chi connectivity index (χ2n) is 7.09. The number of aromatic nitrogens is 1. The second kappa shape index (κ2) is 7.79. The van der Waals surface area contributed by atoms with E-state index in [0.29, 0.717) is 28.1 Å². The summed E-state index contributed by atoms with van der Waals surface area (Å²) in [5, 5.41) is 8.92. The topological polar surface area (TPSA) is 72.1 Å². The van der Waals surface area contributed by atoms with Crippen molar-refractivity contribution in [3.05, 3.63) is 52.3 Å². The van der Waals surface area contributed by atoms with Gasteiger partial charge in [0.2, 0.25) is 5.78 Å². The number of hydrogen-bond acceptors (Lipinski definition) is 4. The highest BCUT2D eigenvalue weighted by Crippen LogP contribution is 2.43. The molecule has 0 spiro atoms. The molecule has 0 amide bonds. The number of ketones is 1. The van der Waals surface area contributed by atoms with Crippen molar-refractivity contribution in [3.63, 3.8) is 0 Å². The minimum atomic E-state index is -0.303. The smallest absolute Gasteiger partial charge is 0.320 e. The van der Waals surface area contributed by atoms with Gasteiger partial charge in [0.05, 0.1) is 23.0 Å². The molecule has 0 fully saturated rings. The van der Waals surface area contributed by atoms with E-state index in [1.54, 1.807) is 24.3 Å². The lowest BCUT2D eigenvalue weighted by molar-refractivity contribution is -0.134. The number of nitrogens with zero attached hydrogens (tertiary/aromatic N) is 2. The van der Waals surface area contributed by atoms with Crippen LogP contribution in [-0.4, -0.2) is 16.3 Å². The van der Waals surface area contributed by atoms with Gasteiger partial charge < -0.3 is 9.30 Å². The summed E-state index contributed by atoms with van der Waals surface area (Å²) >= 11 is 0. The van der Waals surface area contributed by atoms with Gasteiger partial charge in [-0.3, -0.25) is 9.59 Å². The molecule has 3 rings (SSSR count). The van der Waals surface area contributed by atoms with Crippen molar-refractivity contribution in [1.82, 2.24) is 4.57 Å². The summed E-state index contributed by atoms with van der Waals surface area (Å²) in [6.45, 7) is 3.98. The van der Waals surface area contributed by atoms with Crippen LogP contribution in [0.1, 0.15) is 77.8 Å². The first-order valence-corrected chi connectivity index (χ1v) is 9.45. The highest BCUT2D eigenvalue weighted by atomic mass is 16.5. The molecule has 0 saturated carbocycles. The van der Waals surface area contributed by atoms with Crippen LogP contribution in [-0.2, 0) is 11.8 Å². The van der Waals surface area contributed by atoms with Gasteiger partial charge >= 0.3 is 5.97 Å². The number of benzene rings is 1. The number of hydrogen-bond donors (Lipinski definition) is 0. The van der Waals surface area contributed by atoms with E-state index in [1.807, 2.05) is 18.5 Å². The average Bonchev–Trinajstić information content (AvgIpc) is 3.12. The Hall–Kier alpha value is -2.87. The lowest BCUT2D eigenvalue weighted by atomic mass is 9.98. The fourth-order valence-corrected chi connectivity index (χ4v) is 3.81. The summed E-state index contributed by atoms with van der Waals surface area (Å²) in [5.74, 6) is -0.106. The largest absolute Gasteiger partial charge is 0.424 e. The summed E-state index contributed by atoms with van der Waals surface area (Å²) in [4.78, 5) is 25.4. The SMILES string of the molecule is CCCCCCC1C(=O)Oc2c(C)c(C(=O)c3ccc(C#N)cc3)n(C)c21. The zero-order chi connectivity index (χ0) is 19.6. The number of carbonyl (C=O) groups is 2. The molecule has 1 aromatic heterocycles. The van der Waals surface area contributed by atoms with E-state index < -0.39 is 0 Å². The van der Waals surface area contributed by atoms with E-state index in [1.165, 1.54) is 0 Å². The van der Waals surface area contributed by atoms with E-state index in [9.17, 15) is 9.59 Å². The molecule has 0 aliphatic carbocycles. The number of rotatable bonds is 7. The number of fused-ring (bicyclic) bond motifs is 1. The van der Waals surface area contributed by atoms with E-state index in [2.05, 4.69) is 13.0 Å². The third-order valence-electron chi connectivity index (χ3n) is 5.28. The molecular weight excluding hydrogens is 340 g/mol. The Kier molecular flexibility index (Phi) is 5.46. The summed E-state index contributed by atoms with van der Waals surface area (Å²) in [6.07, 6.45) is 5.11. The monoisotopic (exact) mass is 364 g/mol. The molecular formula is C22H24N2O3. The number of ether oxygens (including phenoxy) is 1. The summed E-state index contributed by atoms with van der Waals surface area (Å²) in [5.41, 5.74) is 3.08. The normalized spacial score (nSPS) is 15.3. The second-order valence-corrected chi connectivity index (χ2v) is 7.09. The first-order chi connectivity index (χ1) is 13.0. The first-order valence-electron chi connectivity index (χ1n) is 9.45. The predicted octanol–water partition coefficient (Wildman–Crippen LogP) is 4.41. The predicted molar refractivity (Wildman–Crippen MR) is 102 cm³/mol. The van der Waals surface area contributed by atoms with Crippen LogP contribution in [0, 0.1) is 18.3 Å². The summed E-state index contributed by atoms with van der Waals surface area (Å²) < 4.78 is 7.36. The van der Waals surface area contributed by atoms with Gasteiger partial charge in [0.25, 0.3) is 0 Å². The van der Waals surface area contributed by atoms with Gasteiger partial charge in [-0.1, -0.05) is 32.6 Å². The molecule has 1 atom stereocenters. The molecule has 5 nitrogen and oxygen atoms in total. The molecule has 5 heteroatoms. The Morgan fingerprint density at radius 1 is 1.22 bits per heavy atom. The van der Waals surface area contributed by atoms with Crippen LogP contribution >= 0.6 is 0 Å². The molecule has 27 heavy (non-hydrogen) atoms. The van der Waals surface area contributed by atoms with Gasteiger partial charge in [0.1, 0.15) is 5.92 Å². The molecule has 1 aliphatic rings. The van der Waals surface area contributed by atoms with Crippen molar-refractivity contribution in [2.45, 2.75) is 51.9 Å². The lowest BCUT2D eigenvalue weighted by Gasteiger charge is -2.12. The van der Waals surface area contributed by atoms with Gasteiger partial charge in [-0.05, 0) is 37.6 Å².